The summed E-state index contributed by atoms with van der Waals surface area (Å²) in [4.78, 5) is 1.76. The van der Waals surface area contributed by atoms with Gasteiger partial charge in [-0.25, -0.2) is 8.78 Å². The lowest BCUT2D eigenvalue weighted by Gasteiger charge is -2.38. The van der Waals surface area contributed by atoms with Crippen LogP contribution in [0.5, 0.6) is 0 Å². The lowest BCUT2D eigenvalue weighted by molar-refractivity contribution is -0.0910. The van der Waals surface area contributed by atoms with E-state index in [-0.39, 0.29) is 6.54 Å². The van der Waals surface area contributed by atoms with Crippen LogP contribution in [0.1, 0.15) is 12.0 Å². The highest BCUT2D eigenvalue weighted by molar-refractivity contribution is 5.14. The second kappa shape index (κ2) is 5.10. The fourth-order valence-electron chi connectivity index (χ4n) is 2.35. The molecule has 1 aliphatic heterocycles. The number of halogens is 2. The summed E-state index contributed by atoms with van der Waals surface area (Å²) in [5, 5.41) is 2.75. The average Bonchev–Trinajstić information content (AvgIpc) is 2.29. The third-order valence-corrected chi connectivity index (χ3v) is 3.25. The SMILES string of the molecule is CN(Cc1ccccc1)C1CCNCC1(F)F. The van der Waals surface area contributed by atoms with Gasteiger partial charge in [0.2, 0.25) is 0 Å². The van der Waals surface area contributed by atoms with Crippen molar-refractivity contribution in [2.45, 2.75) is 24.9 Å². The van der Waals surface area contributed by atoms with E-state index in [1.54, 1.807) is 11.9 Å². The summed E-state index contributed by atoms with van der Waals surface area (Å²) in [7, 11) is 1.77. The fourth-order valence-corrected chi connectivity index (χ4v) is 2.35. The molecule has 1 unspecified atom stereocenters. The number of hydrogen-bond acceptors (Lipinski definition) is 2. The van der Waals surface area contributed by atoms with Crippen LogP contribution < -0.4 is 5.32 Å². The Balaban J connectivity index is 2.02. The van der Waals surface area contributed by atoms with Crippen LogP contribution in [-0.2, 0) is 6.54 Å². The van der Waals surface area contributed by atoms with Gasteiger partial charge < -0.3 is 5.32 Å². The van der Waals surface area contributed by atoms with Gasteiger partial charge in [-0.2, -0.15) is 0 Å². The predicted molar refractivity (Wildman–Crippen MR) is 64.1 cm³/mol. The molecule has 0 aromatic heterocycles. The molecule has 2 nitrogen and oxygen atoms in total. The molecule has 0 bridgehead atoms. The Bertz CT molecular complexity index is 354. The van der Waals surface area contributed by atoms with Gasteiger partial charge in [0.1, 0.15) is 0 Å². The van der Waals surface area contributed by atoms with Crippen molar-refractivity contribution in [1.82, 2.24) is 10.2 Å². The predicted octanol–water partition coefficient (Wildman–Crippen LogP) is 2.12. The van der Waals surface area contributed by atoms with Crippen molar-refractivity contribution >= 4 is 0 Å². The second-order valence-corrected chi connectivity index (χ2v) is 4.64. The smallest absolute Gasteiger partial charge is 0.275 e. The van der Waals surface area contributed by atoms with Gasteiger partial charge in [0.25, 0.3) is 5.92 Å². The summed E-state index contributed by atoms with van der Waals surface area (Å²) in [5.74, 6) is -2.64. The highest BCUT2D eigenvalue weighted by Crippen LogP contribution is 2.27. The number of hydrogen-bond donors (Lipinski definition) is 1. The summed E-state index contributed by atoms with van der Waals surface area (Å²) in [6, 6.07) is 9.07. The Morgan fingerprint density at radius 2 is 2.06 bits per heavy atom. The number of alkyl halides is 2. The van der Waals surface area contributed by atoms with E-state index < -0.39 is 12.0 Å². The van der Waals surface area contributed by atoms with Gasteiger partial charge in [-0.1, -0.05) is 30.3 Å². The van der Waals surface area contributed by atoms with Crippen LogP contribution in [0.25, 0.3) is 0 Å². The van der Waals surface area contributed by atoms with Gasteiger partial charge in [0.05, 0.1) is 12.6 Å². The van der Waals surface area contributed by atoms with Gasteiger partial charge in [-0.15, -0.1) is 0 Å². The van der Waals surface area contributed by atoms with Crippen LogP contribution >= 0.6 is 0 Å². The molecule has 1 fully saturated rings. The maximum atomic E-state index is 13.7. The van der Waals surface area contributed by atoms with Crippen LogP contribution in [0.2, 0.25) is 0 Å². The van der Waals surface area contributed by atoms with Crippen LogP contribution in [0.15, 0.2) is 30.3 Å². The number of nitrogens with one attached hydrogen (secondary N) is 1. The molecule has 4 heteroatoms. The lowest BCUT2D eigenvalue weighted by atomic mass is 10.0. The topological polar surface area (TPSA) is 15.3 Å². The monoisotopic (exact) mass is 240 g/mol. The molecule has 1 N–H and O–H groups in total. The minimum absolute atomic E-state index is 0.212. The number of benzene rings is 1. The van der Waals surface area contributed by atoms with E-state index in [4.69, 9.17) is 0 Å². The fraction of sp³-hybridized carbons (Fsp3) is 0.538. The largest absolute Gasteiger partial charge is 0.311 e. The van der Waals surface area contributed by atoms with E-state index in [1.807, 2.05) is 30.3 Å². The van der Waals surface area contributed by atoms with Crippen molar-refractivity contribution in [1.29, 1.82) is 0 Å². The Labute approximate surface area is 101 Å². The number of piperidine rings is 1. The first kappa shape index (κ1) is 12.5. The summed E-state index contributed by atoms with van der Waals surface area (Å²) in [5.41, 5.74) is 1.07. The lowest BCUT2D eigenvalue weighted by Crippen LogP contribution is -2.55. The van der Waals surface area contributed by atoms with Crippen LogP contribution in [0.3, 0.4) is 0 Å². The molecule has 1 aromatic carbocycles. The summed E-state index contributed by atoms with van der Waals surface area (Å²) in [6.07, 6.45) is 0.496. The number of rotatable bonds is 3. The quantitative estimate of drug-likeness (QED) is 0.870. The van der Waals surface area contributed by atoms with Crippen LogP contribution in [0, 0.1) is 0 Å². The summed E-state index contributed by atoms with van der Waals surface area (Å²) >= 11 is 0. The first-order chi connectivity index (χ1) is 8.09. The minimum atomic E-state index is -2.64. The van der Waals surface area contributed by atoms with Crippen molar-refractivity contribution in [3.05, 3.63) is 35.9 Å². The summed E-state index contributed by atoms with van der Waals surface area (Å²) < 4.78 is 27.4. The third kappa shape index (κ3) is 3.01. The van der Waals surface area contributed by atoms with E-state index in [0.29, 0.717) is 19.5 Å². The molecule has 0 radical (unpaired) electrons. The van der Waals surface area contributed by atoms with E-state index in [2.05, 4.69) is 5.32 Å². The molecule has 0 amide bonds. The molecule has 1 aliphatic rings. The molecule has 0 spiro atoms. The van der Waals surface area contributed by atoms with Crippen molar-refractivity contribution in [2.75, 3.05) is 20.1 Å². The molecule has 17 heavy (non-hydrogen) atoms. The molecule has 1 saturated heterocycles. The van der Waals surface area contributed by atoms with Crippen LogP contribution in [0.4, 0.5) is 8.78 Å². The third-order valence-electron chi connectivity index (χ3n) is 3.25. The molecular formula is C13H18F2N2. The molecule has 0 saturated carbocycles. The van der Waals surface area contributed by atoms with Crippen molar-refractivity contribution in [2.24, 2.45) is 0 Å². The van der Waals surface area contributed by atoms with Crippen LogP contribution in [-0.4, -0.2) is 37.0 Å². The molecule has 1 aromatic rings. The normalized spacial score (nSPS) is 23.9. The molecule has 1 atom stereocenters. The second-order valence-electron chi connectivity index (χ2n) is 4.64. The number of nitrogens with zero attached hydrogens (tertiary/aromatic N) is 1. The zero-order valence-corrected chi connectivity index (χ0v) is 10.00. The highest BCUT2D eigenvalue weighted by atomic mass is 19.3. The van der Waals surface area contributed by atoms with E-state index in [9.17, 15) is 8.78 Å². The van der Waals surface area contributed by atoms with E-state index >= 15 is 0 Å². The first-order valence-electron chi connectivity index (χ1n) is 5.92. The Morgan fingerprint density at radius 1 is 1.35 bits per heavy atom. The molecule has 1 heterocycles. The van der Waals surface area contributed by atoms with Crippen molar-refractivity contribution < 1.29 is 8.78 Å². The average molecular weight is 240 g/mol. The van der Waals surface area contributed by atoms with Gasteiger partial charge >= 0.3 is 0 Å². The minimum Gasteiger partial charge on any atom is -0.311 e. The maximum absolute atomic E-state index is 13.7. The van der Waals surface area contributed by atoms with Gasteiger partial charge in [0.15, 0.2) is 0 Å². The van der Waals surface area contributed by atoms with Crippen molar-refractivity contribution in [3.8, 4) is 0 Å². The van der Waals surface area contributed by atoms with Gasteiger partial charge in [-0.3, -0.25) is 4.90 Å². The summed E-state index contributed by atoms with van der Waals surface area (Å²) in [6.45, 7) is 1.03. The molecule has 2 rings (SSSR count). The van der Waals surface area contributed by atoms with E-state index in [1.165, 1.54) is 0 Å². The zero-order chi connectivity index (χ0) is 12.3. The standard InChI is InChI=1S/C13H18F2N2/c1-17(9-11-5-3-2-4-6-11)12-7-8-16-10-13(12,14)15/h2-6,12,16H,7-10H2,1H3. The van der Waals surface area contributed by atoms with Gasteiger partial charge in [-0.05, 0) is 25.6 Å². The maximum Gasteiger partial charge on any atom is 0.275 e. The molecule has 0 aliphatic carbocycles. The zero-order valence-electron chi connectivity index (χ0n) is 10.00. The Kier molecular flexibility index (Phi) is 3.74. The van der Waals surface area contributed by atoms with Gasteiger partial charge in [0, 0.05) is 6.54 Å². The van der Waals surface area contributed by atoms with E-state index in [0.717, 1.165) is 5.56 Å². The molecule has 94 valence electrons. The molecular weight excluding hydrogens is 222 g/mol. The Morgan fingerprint density at radius 3 is 2.71 bits per heavy atom. The first-order valence-corrected chi connectivity index (χ1v) is 5.92. The Hall–Kier alpha value is -1.00. The highest BCUT2D eigenvalue weighted by Gasteiger charge is 2.43. The van der Waals surface area contributed by atoms with Crippen molar-refractivity contribution in [3.63, 3.8) is 0 Å².